The number of oxazole rings is 1. The molecule has 0 aliphatic heterocycles. The van der Waals surface area contributed by atoms with E-state index in [1.54, 1.807) is 6.92 Å². The van der Waals surface area contributed by atoms with Crippen molar-refractivity contribution >= 4 is 5.97 Å². The molecule has 0 unspecified atom stereocenters. The molecule has 108 valence electrons. The zero-order chi connectivity index (χ0) is 14.3. The van der Waals surface area contributed by atoms with E-state index in [0.29, 0.717) is 6.61 Å². The van der Waals surface area contributed by atoms with Crippen molar-refractivity contribution in [2.45, 2.75) is 20.0 Å². The minimum atomic E-state index is -2.92. The standard InChI is InChI=1S/C11H15F2NO5/c1-3-18-11(15)9-8(10(12)13)14-7(19-9)6-17-5-4-16-2/h10H,3-6H2,1-2H3. The number of carbonyl (C=O) groups is 1. The number of esters is 1. The molecule has 0 aromatic carbocycles. The highest BCUT2D eigenvalue weighted by molar-refractivity contribution is 5.87. The van der Waals surface area contributed by atoms with E-state index < -0.39 is 23.8 Å². The summed E-state index contributed by atoms with van der Waals surface area (Å²) in [5.74, 6) is -1.65. The lowest BCUT2D eigenvalue weighted by atomic mass is 10.3. The lowest BCUT2D eigenvalue weighted by Crippen LogP contribution is -2.06. The smallest absolute Gasteiger partial charge is 0.376 e. The fraction of sp³-hybridized carbons (Fsp3) is 0.636. The van der Waals surface area contributed by atoms with E-state index in [0.717, 1.165) is 0 Å². The quantitative estimate of drug-likeness (QED) is 0.535. The highest BCUT2D eigenvalue weighted by atomic mass is 19.3. The van der Waals surface area contributed by atoms with Gasteiger partial charge in [-0.1, -0.05) is 0 Å². The molecule has 0 radical (unpaired) electrons. The Morgan fingerprint density at radius 1 is 1.42 bits per heavy atom. The number of hydrogen-bond acceptors (Lipinski definition) is 6. The van der Waals surface area contributed by atoms with E-state index in [4.69, 9.17) is 13.9 Å². The molecule has 1 aromatic heterocycles. The number of carbonyl (C=O) groups excluding carboxylic acids is 1. The summed E-state index contributed by atoms with van der Waals surface area (Å²) in [6, 6.07) is 0. The Hall–Kier alpha value is -1.54. The zero-order valence-electron chi connectivity index (χ0n) is 10.7. The second-order valence-corrected chi connectivity index (χ2v) is 3.39. The van der Waals surface area contributed by atoms with Crippen LogP contribution in [-0.2, 0) is 20.8 Å². The number of ether oxygens (including phenoxy) is 3. The predicted molar refractivity (Wildman–Crippen MR) is 58.9 cm³/mol. The molecule has 0 atom stereocenters. The summed E-state index contributed by atoms with van der Waals surface area (Å²) >= 11 is 0. The third kappa shape index (κ3) is 4.56. The highest BCUT2D eigenvalue weighted by Crippen LogP contribution is 2.24. The maximum absolute atomic E-state index is 12.7. The Bertz CT molecular complexity index is 408. The number of aromatic nitrogens is 1. The van der Waals surface area contributed by atoms with Gasteiger partial charge in [-0.05, 0) is 6.92 Å². The molecule has 0 N–H and O–H groups in total. The monoisotopic (exact) mass is 279 g/mol. The van der Waals surface area contributed by atoms with Gasteiger partial charge in [0.2, 0.25) is 11.7 Å². The average Bonchev–Trinajstić information content (AvgIpc) is 2.79. The lowest BCUT2D eigenvalue weighted by molar-refractivity contribution is 0.0432. The second kappa shape index (κ2) is 7.80. The molecule has 0 fully saturated rings. The van der Waals surface area contributed by atoms with E-state index in [-0.39, 0.29) is 25.7 Å². The Kier molecular flexibility index (Phi) is 6.37. The Labute approximate surface area is 108 Å². The van der Waals surface area contributed by atoms with Crippen LogP contribution in [-0.4, -0.2) is 37.9 Å². The fourth-order valence-corrected chi connectivity index (χ4v) is 1.23. The van der Waals surface area contributed by atoms with Gasteiger partial charge in [0.1, 0.15) is 6.61 Å². The van der Waals surface area contributed by atoms with Gasteiger partial charge in [-0.2, -0.15) is 0 Å². The van der Waals surface area contributed by atoms with Crippen molar-refractivity contribution in [1.82, 2.24) is 4.98 Å². The maximum atomic E-state index is 12.7. The molecule has 0 saturated heterocycles. The topological polar surface area (TPSA) is 70.8 Å². The number of alkyl halides is 2. The summed E-state index contributed by atoms with van der Waals surface area (Å²) in [5.41, 5.74) is -0.733. The first-order valence-corrected chi connectivity index (χ1v) is 5.61. The second-order valence-electron chi connectivity index (χ2n) is 3.39. The van der Waals surface area contributed by atoms with Crippen LogP contribution >= 0.6 is 0 Å². The van der Waals surface area contributed by atoms with Gasteiger partial charge >= 0.3 is 5.97 Å². The van der Waals surface area contributed by atoms with E-state index >= 15 is 0 Å². The molecule has 0 spiro atoms. The summed E-state index contributed by atoms with van der Waals surface area (Å²) < 4.78 is 44.8. The van der Waals surface area contributed by atoms with Gasteiger partial charge in [0.25, 0.3) is 6.43 Å². The third-order valence-electron chi connectivity index (χ3n) is 2.02. The van der Waals surface area contributed by atoms with Crippen LogP contribution in [0.4, 0.5) is 8.78 Å². The van der Waals surface area contributed by atoms with Crippen molar-refractivity contribution in [3.63, 3.8) is 0 Å². The van der Waals surface area contributed by atoms with Crippen molar-refractivity contribution in [1.29, 1.82) is 0 Å². The normalized spacial score (nSPS) is 11.0. The van der Waals surface area contributed by atoms with Crippen LogP contribution in [0.2, 0.25) is 0 Å². The minimum absolute atomic E-state index is 0.0574. The molecule has 1 aromatic rings. The van der Waals surface area contributed by atoms with Crippen LogP contribution in [0.25, 0.3) is 0 Å². The Morgan fingerprint density at radius 2 is 2.16 bits per heavy atom. The molecule has 1 heterocycles. The predicted octanol–water partition coefficient (Wildman–Crippen LogP) is 1.95. The van der Waals surface area contributed by atoms with Crippen LogP contribution in [0, 0.1) is 0 Å². The summed E-state index contributed by atoms with van der Waals surface area (Å²) in [6.45, 7) is 2.11. The third-order valence-corrected chi connectivity index (χ3v) is 2.02. The molecular formula is C11H15F2NO5. The first-order valence-electron chi connectivity index (χ1n) is 5.61. The summed E-state index contributed by atoms with van der Waals surface area (Å²) in [4.78, 5) is 14.9. The Balaban J connectivity index is 2.73. The average molecular weight is 279 g/mol. The summed E-state index contributed by atoms with van der Waals surface area (Å²) in [6.07, 6.45) is -2.92. The molecule has 0 bridgehead atoms. The SMILES string of the molecule is CCOC(=O)c1oc(COCCOC)nc1C(F)F. The minimum Gasteiger partial charge on any atom is -0.460 e. The molecule has 0 saturated carbocycles. The van der Waals surface area contributed by atoms with E-state index in [2.05, 4.69) is 9.72 Å². The molecular weight excluding hydrogens is 264 g/mol. The Morgan fingerprint density at radius 3 is 2.74 bits per heavy atom. The largest absolute Gasteiger partial charge is 0.460 e. The van der Waals surface area contributed by atoms with Crippen molar-refractivity contribution in [2.24, 2.45) is 0 Å². The number of hydrogen-bond donors (Lipinski definition) is 0. The number of nitrogens with zero attached hydrogens (tertiary/aromatic N) is 1. The van der Waals surface area contributed by atoms with Crippen LogP contribution < -0.4 is 0 Å². The van der Waals surface area contributed by atoms with Gasteiger partial charge < -0.3 is 18.6 Å². The van der Waals surface area contributed by atoms with Crippen LogP contribution in [0.3, 0.4) is 0 Å². The molecule has 0 aliphatic carbocycles. The first kappa shape index (κ1) is 15.5. The van der Waals surface area contributed by atoms with E-state index in [9.17, 15) is 13.6 Å². The van der Waals surface area contributed by atoms with Gasteiger partial charge in [0, 0.05) is 7.11 Å². The zero-order valence-corrected chi connectivity index (χ0v) is 10.7. The summed E-state index contributed by atoms with van der Waals surface area (Å²) in [5, 5.41) is 0. The highest BCUT2D eigenvalue weighted by Gasteiger charge is 2.27. The molecule has 19 heavy (non-hydrogen) atoms. The molecule has 0 aliphatic rings. The van der Waals surface area contributed by atoms with Crippen molar-refractivity contribution in [2.75, 3.05) is 26.9 Å². The van der Waals surface area contributed by atoms with Gasteiger partial charge in [-0.15, -0.1) is 0 Å². The van der Waals surface area contributed by atoms with E-state index in [1.807, 2.05) is 0 Å². The number of rotatable bonds is 8. The van der Waals surface area contributed by atoms with Crippen molar-refractivity contribution in [3.05, 3.63) is 17.3 Å². The molecule has 1 rings (SSSR count). The molecule has 0 amide bonds. The van der Waals surface area contributed by atoms with E-state index in [1.165, 1.54) is 7.11 Å². The van der Waals surface area contributed by atoms with Crippen molar-refractivity contribution < 1.29 is 32.2 Å². The van der Waals surface area contributed by atoms with Crippen LogP contribution in [0.5, 0.6) is 0 Å². The van der Waals surface area contributed by atoms with Gasteiger partial charge in [0.05, 0.1) is 19.8 Å². The lowest BCUT2D eigenvalue weighted by Gasteiger charge is -2.00. The van der Waals surface area contributed by atoms with Crippen LogP contribution in [0.15, 0.2) is 4.42 Å². The van der Waals surface area contributed by atoms with Gasteiger partial charge in [-0.25, -0.2) is 18.6 Å². The molecule has 6 nitrogen and oxygen atoms in total. The number of halogens is 2. The van der Waals surface area contributed by atoms with Crippen molar-refractivity contribution in [3.8, 4) is 0 Å². The first-order chi connectivity index (χ1) is 9.10. The number of methoxy groups -OCH3 is 1. The molecule has 8 heteroatoms. The van der Waals surface area contributed by atoms with Gasteiger partial charge in [0.15, 0.2) is 5.69 Å². The fourth-order valence-electron chi connectivity index (χ4n) is 1.23. The summed E-state index contributed by atoms with van der Waals surface area (Å²) in [7, 11) is 1.50. The van der Waals surface area contributed by atoms with Gasteiger partial charge in [-0.3, -0.25) is 0 Å². The maximum Gasteiger partial charge on any atom is 0.376 e. The van der Waals surface area contributed by atoms with Crippen LogP contribution in [0.1, 0.15) is 35.5 Å².